The van der Waals surface area contributed by atoms with Crippen LogP contribution in [-0.4, -0.2) is 44.8 Å². The lowest BCUT2D eigenvalue weighted by molar-refractivity contribution is -0.0491. The van der Waals surface area contributed by atoms with E-state index in [1.165, 1.54) is 6.20 Å². The van der Waals surface area contributed by atoms with E-state index in [0.29, 0.717) is 3.57 Å². The van der Waals surface area contributed by atoms with E-state index in [1.54, 1.807) is 0 Å². The topological polar surface area (TPSA) is 111 Å². The Balaban J connectivity index is 2.39. The van der Waals surface area contributed by atoms with Crippen LogP contribution in [-0.2, 0) is 4.74 Å². The normalized spacial score (nSPS) is 31.8. The highest BCUT2D eigenvalue weighted by atomic mass is 127. The van der Waals surface area contributed by atoms with Crippen molar-refractivity contribution >= 4 is 28.4 Å². The molecule has 1 aromatic rings. The lowest BCUT2D eigenvalue weighted by Crippen LogP contribution is -2.34. The molecule has 0 bridgehead atoms. The Kier molecular flexibility index (Phi) is 3.84. The number of nitrogens with zero attached hydrogens (tertiary/aromatic N) is 2. The highest BCUT2D eigenvalue weighted by Gasteiger charge is 2.45. The largest absolute Gasteiger partial charge is 0.394 e. The molecule has 4 N–H and O–H groups in total. The van der Waals surface area contributed by atoms with Gasteiger partial charge >= 0.3 is 5.69 Å². The van der Waals surface area contributed by atoms with Crippen LogP contribution in [0.1, 0.15) is 6.23 Å². The van der Waals surface area contributed by atoms with Crippen LogP contribution in [0.15, 0.2) is 11.0 Å². The van der Waals surface area contributed by atoms with Crippen molar-refractivity contribution < 1.29 is 19.3 Å². The van der Waals surface area contributed by atoms with Crippen molar-refractivity contribution in [2.24, 2.45) is 0 Å². The van der Waals surface area contributed by atoms with Crippen molar-refractivity contribution in [3.8, 4) is 0 Å². The maximum Gasteiger partial charge on any atom is 0.351 e. The van der Waals surface area contributed by atoms with Crippen LogP contribution >= 0.6 is 22.6 Å². The first-order valence-electron chi connectivity index (χ1n) is 5.08. The zero-order valence-electron chi connectivity index (χ0n) is 9.03. The van der Waals surface area contributed by atoms with E-state index in [4.69, 9.17) is 15.6 Å². The lowest BCUT2D eigenvalue weighted by Gasteiger charge is -2.16. The van der Waals surface area contributed by atoms with E-state index in [2.05, 4.69) is 4.98 Å². The van der Waals surface area contributed by atoms with E-state index < -0.39 is 36.9 Å². The molecule has 9 heteroatoms. The van der Waals surface area contributed by atoms with E-state index >= 15 is 0 Å². The van der Waals surface area contributed by atoms with E-state index in [0.717, 1.165) is 4.57 Å². The number of rotatable bonds is 2. The minimum atomic E-state index is -1.82. The van der Waals surface area contributed by atoms with Crippen LogP contribution < -0.4 is 11.4 Å². The molecule has 0 unspecified atom stereocenters. The fourth-order valence-corrected chi connectivity index (χ4v) is 2.14. The molecule has 100 valence electrons. The van der Waals surface area contributed by atoms with Crippen LogP contribution in [0.2, 0.25) is 0 Å². The fraction of sp³-hybridized carbons (Fsp3) is 0.556. The zero-order valence-corrected chi connectivity index (χ0v) is 11.2. The maximum atomic E-state index is 13.8. The Hall–Kier alpha value is -0.780. The van der Waals surface area contributed by atoms with E-state index in [9.17, 15) is 14.3 Å². The summed E-state index contributed by atoms with van der Waals surface area (Å²) in [5, 5.41) is 18.4. The van der Waals surface area contributed by atoms with Gasteiger partial charge in [0.25, 0.3) is 0 Å². The first-order chi connectivity index (χ1) is 8.45. The van der Waals surface area contributed by atoms with Gasteiger partial charge in [-0.1, -0.05) is 0 Å². The molecule has 0 radical (unpaired) electrons. The first-order valence-corrected chi connectivity index (χ1v) is 6.16. The van der Waals surface area contributed by atoms with Gasteiger partial charge in [-0.05, 0) is 22.6 Å². The third-order valence-electron chi connectivity index (χ3n) is 2.68. The molecule has 18 heavy (non-hydrogen) atoms. The van der Waals surface area contributed by atoms with Crippen LogP contribution in [0.4, 0.5) is 10.2 Å². The van der Waals surface area contributed by atoms with Crippen LogP contribution in [0.5, 0.6) is 0 Å². The number of nitrogens with two attached hydrogens (primary N) is 1. The summed E-state index contributed by atoms with van der Waals surface area (Å²) in [6, 6.07) is 0. The summed E-state index contributed by atoms with van der Waals surface area (Å²) >= 11 is 1.84. The molecule has 1 aromatic heterocycles. The second-order valence-electron chi connectivity index (χ2n) is 3.85. The Bertz CT molecular complexity index is 511. The average Bonchev–Trinajstić information content (AvgIpc) is 2.61. The minimum Gasteiger partial charge on any atom is -0.394 e. The first kappa shape index (κ1) is 13.6. The van der Waals surface area contributed by atoms with E-state index in [-0.39, 0.29) is 5.82 Å². The Labute approximate surface area is 115 Å². The summed E-state index contributed by atoms with van der Waals surface area (Å²) in [6.45, 7) is -0.535. The average molecular weight is 371 g/mol. The number of hydrogen-bond acceptors (Lipinski definition) is 6. The monoisotopic (exact) mass is 371 g/mol. The van der Waals surface area contributed by atoms with Gasteiger partial charge in [0, 0.05) is 6.20 Å². The molecule has 2 heterocycles. The molecule has 1 fully saturated rings. The van der Waals surface area contributed by atoms with Gasteiger partial charge in [-0.2, -0.15) is 4.98 Å². The standard InChI is InChI=1S/C9H11FIN3O4/c10-5-6(16)4(2-15)18-8(5)14-1-3(11)7(12)13-9(14)17/h1,4-6,8,15-16H,2H2,(H2,12,13,17)/t4-,5+,6+,8-/m1/s1. The van der Waals surface area contributed by atoms with Crippen molar-refractivity contribution in [2.75, 3.05) is 12.3 Å². The van der Waals surface area contributed by atoms with Crippen molar-refractivity contribution in [1.29, 1.82) is 0 Å². The summed E-state index contributed by atoms with van der Waals surface area (Å²) in [7, 11) is 0. The number of nitrogen functional groups attached to an aromatic ring is 1. The van der Waals surface area contributed by atoms with Crippen molar-refractivity contribution in [1.82, 2.24) is 9.55 Å². The van der Waals surface area contributed by atoms with Gasteiger partial charge in [-0.3, -0.25) is 4.57 Å². The van der Waals surface area contributed by atoms with Gasteiger partial charge in [0.1, 0.15) is 18.0 Å². The second kappa shape index (κ2) is 5.07. The SMILES string of the molecule is Nc1nc(=O)n([C@@H]2O[C@H](CO)[C@H](O)[C@@H]2F)cc1I. The molecule has 0 amide bonds. The number of alkyl halides is 1. The smallest absolute Gasteiger partial charge is 0.351 e. The molecule has 1 aliphatic rings. The maximum absolute atomic E-state index is 13.8. The number of aromatic nitrogens is 2. The summed E-state index contributed by atoms with van der Waals surface area (Å²) in [4.78, 5) is 15.1. The number of anilines is 1. The quantitative estimate of drug-likeness (QED) is 0.577. The van der Waals surface area contributed by atoms with Crippen LogP contribution in [0.3, 0.4) is 0 Å². The number of aliphatic hydroxyl groups excluding tert-OH is 2. The number of hydrogen-bond donors (Lipinski definition) is 3. The molecule has 1 saturated heterocycles. The highest BCUT2D eigenvalue weighted by Crippen LogP contribution is 2.31. The van der Waals surface area contributed by atoms with Crippen molar-refractivity contribution in [3.63, 3.8) is 0 Å². The molecule has 7 nitrogen and oxygen atoms in total. The zero-order chi connectivity index (χ0) is 13.4. The summed E-state index contributed by atoms with van der Waals surface area (Å²) in [6.07, 6.45) is -4.38. The van der Waals surface area contributed by atoms with Crippen LogP contribution in [0.25, 0.3) is 0 Å². The fourth-order valence-electron chi connectivity index (χ4n) is 1.72. The van der Waals surface area contributed by atoms with Gasteiger partial charge in [0.2, 0.25) is 0 Å². The molecular formula is C9H11FIN3O4. The molecule has 1 aliphatic heterocycles. The van der Waals surface area contributed by atoms with Gasteiger partial charge in [0.05, 0.1) is 10.2 Å². The lowest BCUT2D eigenvalue weighted by atomic mass is 10.1. The third kappa shape index (κ3) is 2.22. The van der Waals surface area contributed by atoms with Gasteiger partial charge in [-0.25, -0.2) is 9.18 Å². The highest BCUT2D eigenvalue weighted by molar-refractivity contribution is 14.1. The summed E-state index contributed by atoms with van der Waals surface area (Å²) < 4.78 is 20.3. The Morgan fingerprint density at radius 3 is 2.89 bits per heavy atom. The Morgan fingerprint density at radius 2 is 2.33 bits per heavy atom. The van der Waals surface area contributed by atoms with Crippen molar-refractivity contribution in [3.05, 3.63) is 20.3 Å². The summed E-state index contributed by atoms with van der Waals surface area (Å²) in [5.74, 6) is 0.0458. The Morgan fingerprint density at radius 1 is 1.67 bits per heavy atom. The third-order valence-corrected chi connectivity index (χ3v) is 3.51. The predicted molar refractivity (Wildman–Crippen MR) is 67.5 cm³/mol. The van der Waals surface area contributed by atoms with Crippen LogP contribution in [0, 0.1) is 3.57 Å². The molecule has 0 spiro atoms. The molecule has 0 aliphatic carbocycles. The summed E-state index contributed by atoms with van der Waals surface area (Å²) in [5.41, 5.74) is 4.68. The van der Waals surface area contributed by atoms with Gasteiger partial charge < -0.3 is 20.7 Å². The molecule has 2 rings (SSSR count). The molecular weight excluding hydrogens is 360 g/mol. The van der Waals surface area contributed by atoms with E-state index in [1.807, 2.05) is 22.6 Å². The second-order valence-corrected chi connectivity index (χ2v) is 5.01. The molecule has 0 saturated carbocycles. The number of aliphatic hydroxyl groups is 2. The van der Waals surface area contributed by atoms with Gasteiger partial charge in [-0.15, -0.1) is 0 Å². The number of halogens is 2. The van der Waals surface area contributed by atoms with Gasteiger partial charge in [0.15, 0.2) is 12.4 Å². The van der Waals surface area contributed by atoms with Crippen molar-refractivity contribution in [2.45, 2.75) is 24.6 Å². The predicted octanol–water partition coefficient (Wildman–Crippen LogP) is -0.981. The minimum absolute atomic E-state index is 0.0458. The molecule has 4 atom stereocenters. The molecule has 0 aromatic carbocycles. The number of ether oxygens (including phenoxy) is 1.